The van der Waals surface area contributed by atoms with Crippen LogP contribution in [-0.4, -0.2) is 19.4 Å². The van der Waals surface area contributed by atoms with E-state index in [2.05, 4.69) is 20.8 Å². The summed E-state index contributed by atoms with van der Waals surface area (Å²) >= 11 is 0. The third-order valence-electron chi connectivity index (χ3n) is 11.1. The van der Waals surface area contributed by atoms with Crippen molar-refractivity contribution in [1.29, 1.82) is 0 Å². The quantitative estimate of drug-likeness (QED) is 0.319. The van der Waals surface area contributed by atoms with Crippen molar-refractivity contribution in [2.75, 3.05) is 19.4 Å². The summed E-state index contributed by atoms with van der Waals surface area (Å²) in [5, 5.41) is 0. The highest BCUT2D eigenvalue weighted by atomic mass is 31.2. The van der Waals surface area contributed by atoms with Crippen LogP contribution in [-0.2, 0) is 13.6 Å². The second-order valence-electron chi connectivity index (χ2n) is 12.3. The summed E-state index contributed by atoms with van der Waals surface area (Å²) < 4.78 is 24.0. The lowest BCUT2D eigenvalue weighted by Gasteiger charge is -2.62. The predicted octanol–water partition coefficient (Wildman–Crippen LogP) is 8.72. The molecule has 0 aromatic rings. The zero-order valence-corrected chi connectivity index (χ0v) is 22.6. The predicted molar refractivity (Wildman–Crippen MR) is 134 cm³/mol. The topological polar surface area (TPSA) is 35.5 Å². The molecule has 186 valence electrons. The normalized spacial score (nSPS) is 44.0. The lowest BCUT2D eigenvalue weighted by Crippen LogP contribution is -2.55. The van der Waals surface area contributed by atoms with Crippen molar-refractivity contribution in [1.82, 2.24) is 0 Å². The summed E-state index contributed by atoms with van der Waals surface area (Å²) in [5.41, 5.74) is 1.11. The zero-order chi connectivity index (χ0) is 23.0. The monoisotopic (exact) mass is 466 g/mol. The zero-order valence-electron chi connectivity index (χ0n) is 21.7. The molecule has 0 N–H and O–H groups in total. The minimum atomic E-state index is -2.90. The first-order valence-corrected chi connectivity index (χ1v) is 15.9. The van der Waals surface area contributed by atoms with Crippen molar-refractivity contribution >= 4 is 7.60 Å². The van der Waals surface area contributed by atoms with Crippen LogP contribution in [0.25, 0.3) is 0 Å². The molecule has 6 unspecified atom stereocenters. The summed E-state index contributed by atoms with van der Waals surface area (Å²) in [7, 11) is -2.90. The van der Waals surface area contributed by atoms with Gasteiger partial charge < -0.3 is 9.05 Å². The molecule has 4 rings (SSSR count). The number of hydrogen-bond acceptors (Lipinski definition) is 3. The average molecular weight is 467 g/mol. The smallest absolute Gasteiger partial charge is 0.309 e. The second-order valence-corrected chi connectivity index (χ2v) is 14.5. The Morgan fingerprint density at radius 1 is 0.844 bits per heavy atom. The van der Waals surface area contributed by atoms with Gasteiger partial charge in [-0.05, 0) is 118 Å². The van der Waals surface area contributed by atoms with Crippen LogP contribution in [0.1, 0.15) is 112 Å². The molecule has 4 heteroatoms. The molecule has 0 aromatic heterocycles. The minimum Gasteiger partial charge on any atom is -0.309 e. The van der Waals surface area contributed by atoms with Crippen LogP contribution in [0, 0.1) is 46.3 Å². The third kappa shape index (κ3) is 4.42. The Hall–Kier alpha value is 0.150. The van der Waals surface area contributed by atoms with Gasteiger partial charge in [0, 0.05) is 0 Å². The van der Waals surface area contributed by atoms with Gasteiger partial charge in [0.25, 0.3) is 0 Å². The lowest BCUT2D eigenvalue weighted by atomic mass is 9.42. The fourth-order valence-corrected chi connectivity index (χ4v) is 11.4. The van der Waals surface area contributed by atoms with E-state index in [1.165, 1.54) is 70.6 Å². The second kappa shape index (κ2) is 10.0. The van der Waals surface area contributed by atoms with E-state index in [4.69, 9.17) is 9.05 Å². The van der Waals surface area contributed by atoms with E-state index in [1.807, 2.05) is 13.8 Å². The molecule has 0 amide bonds. The summed E-state index contributed by atoms with van der Waals surface area (Å²) in [5.74, 6) is 5.61. The number of rotatable bonds is 9. The fourth-order valence-electron chi connectivity index (χ4n) is 9.69. The van der Waals surface area contributed by atoms with Gasteiger partial charge in [0.15, 0.2) is 0 Å². The van der Waals surface area contributed by atoms with Crippen LogP contribution in [0.15, 0.2) is 0 Å². The number of fused-ring (bicyclic) bond motifs is 5. The highest BCUT2D eigenvalue weighted by molar-refractivity contribution is 7.53. The highest BCUT2D eigenvalue weighted by Gasteiger charge is 2.60. The van der Waals surface area contributed by atoms with Crippen molar-refractivity contribution in [3.8, 4) is 0 Å². The van der Waals surface area contributed by atoms with Crippen LogP contribution in [0.5, 0.6) is 0 Å². The van der Waals surface area contributed by atoms with Gasteiger partial charge in [-0.25, -0.2) is 0 Å². The number of hydrogen-bond donors (Lipinski definition) is 0. The van der Waals surface area contributed by atoms with E-state index < -0.39 is 7.60 Å². The highest BCUT2D eigenvalue weighted by Crippen LogP contribution is 2.69. The molecule has 3 nitrogen and oxygen atoms in total. The van der Waals surface area contributed by atoms with E-state index >= 15 is 0 Å². The molecule has 0 radical (unpaired) electrons. The van der Waals surface area contributed by atoms with Crippen molar-refractivity contribution in [3.05, 3.63) is 0 Å². The summed E-state index contributed by atoms with van der Waals surface area (Å²) in [6.07, 6.45) is 17.3. The maximum absolute atomic E-state index is 12.9. The van der Waals surface area contributed by atoms with Gasteiger partial charge in [0.1, 0.15) is 0 Å². The standard InChI is InChI=1S/C28H51O3P/c1-6-21-20-23-25-15-14-22(12-11-19-32(29,30-7-2)31-8-3)27(25,4)18-16-26(23)28(5)17-10-9-13-24(21)28/h21-26H,6-20H2,1-5H3/t21-,22?,23?,24?,25?,26-,27?,28?/m0/s1. The minimum absolute atomic E-state index is 0.474. The van der Waals surface area contributed by atoms with Crippen LogP contribution in [0.2, 0.25) is 0 Å². The van der Waals surface area contributed by atoms with Gasteiger partial charge in [-0.15, -0.1) is 0 Å². The molecule has 0 aliphatic heterocycles. The van der Waals surface area contributed by atoms with E-state index in [9.17, 15) is 4.57 Å². The first kappa shape index (κ1) is 25.2. The van der Waals surface area contributed by atoms with Crippen molar-refractivity contribution < 1.29 is 13.6 Å². The van der Waals surface area contributed by atoms with Crippen molar-refractivity contribution in [2.24, 2.45) is 46.3 Å². The first-order chi connectivity index (χ1) is 15.3. The molecule has 0 spiro atoms. The lowest BCUT2D eigenvalue weighted by molar-refractivity contribution is -0.135. The van der Waals surface area contributed by atoms with Crippen LogP contribution >= 0.6 is 7.60 Å². The van der Waals surface area contributed by atoms with Crippen molar-refractivity contribution in [3.63, 3.8) is 0 Å². The third-order valence-corrected chi connectivity index (χ3v) is 13.3. The molecule has 4 saturated carbocycles. The molecule has 0 bridgehead atoms. The first-order valence-electron chi connectivity index (χ1n) is 14.2. The van der Waals surface area contributed by atoms with E-state index in [0.29, 0.717) is 30.2 Å². The van der Waals surface area contributed by atoms with Crippen LogP contribution in [0.4, 0.5) is 0 Å². The Balaban J connectivity index is 1.44. The molecule has 0 aromatic carbocycles. The largest absolute Gasteiger partial charge is 0.330 e. The van der Waals surface area contributed by atoms with Gasteiger partial charge in [-0.3, -0.25) is 4.57 Å². The maximum atomic E-state index is 12.9. The maximum Gasteiger partial charge on any atom is 0.330 e. The Morgan fingerprint density at radius 2 is 1.56 bits per heavy atom. The molecule has 8 atom stereocenters. The molecule has 32 heavy (non-hydrogen) atoms. The average Bonchev–Trinajstić information content (AvgIpc) is 3.09. The molecule has 4 fully saturated rings. The van der Waals surface area contributed by atoms with Gasteiger partial charge in [0.05, 0.1) is 19.4 Å². The van der Waals surface area contributed by atoms with E-state index in [0.717, 1.165) is 41.9 Å². The Bertz CT molecular complexity index is 670. The Kier molecular flexibility index (Phi) is 7.91. The van der Waals surface area contributed by atoms with Crippen LogP contribution < -0.4 is 0 Å². The van der Waals surface area contributed by atoms with Gasteiger partial charge >= 0.3 is 7.60 Å². The summed E-state index contributed by atoms with van der Waals surface area (Å²) in [4.78, 5) is 0. The van der Waals surface area contributed by atoms with Gasteiger partial charge in [-0.2, -0.15) is 0 Å². The molecule has 4 aliphatic rings. The summed E-state index contributed by atoms with van der Waals surface area (Å²) in [6, 6.07) is 0. The van der Waals surface area contributed by atoms with Gasteiger partial charge in [0.2, 0.25) is 0 Å². The van der Waals surface area contributed by atoms with E-state index in [-0.39, 0.29) is 0 Å². The van der Waals surface area contributed by atoms with Crippen LogP contribution in [0.3, 0.4) is 0 Å². The molecular formula is C28H51O3P. The van der Waals surface area contributed by atoms with E-state index in [1.54, 1.807) is 0 Å². The Morgan fingerprint density at radius 3 is 2.25 bits per heavy atom. The SMILES string of the molecule is CCOP(=O)(CCCC1CCC2C3C[C@H](CC)C4CCCCC4(C)[C@H]3CCC12C)OCC. The fraction of sp³-hybridized carbons (Fsp3) is 1.00. The molecule has 4 aliphatic carbocycles. The molecular weight excluding hydrogens is 415 g/mol. The molecule has 0 saturated heterocycles. The summed E-state index contributed by atoms with van der Waals surface area (Å²) in [6.45, 7) is 12.6. The van der Waals surface area contributed by atoms with Crippen molar-refractivity contribution in [2.45, 2.75) is 112 Å². The van der Waals surface area contributed by atoms with Gasteiger partial charge in [-0.1, -0.05) is 40.0 Å². The Labute approximate surface area is 198 Å². The molecule has 0 heterocycles.